The molecule has 128 valence electrons. The van der Waals surface area contributed by atoms with Crippen LogP contribution in [0.2, 0.25) is 0 Å². The van der Waals surface area contributed by atoms with Crippen molar-refractivity contribution < 1.29 is 14.3 Å². The molecule has 0 saturated heterocycles. The minimum absolute atomic E-state index is 0.0764. The van der Waals surface area contributed by atoms with Crippen molar-refractivity contribution in [3.63, 3.8) is 0 Å². The highest BCUT2D eigenvalue weighted by molar-refractivity contribution is 5.95. The lowest BCUT2D eigenvalue weighted by Crippen LogP contribution is -2.27. The van der Waals surface area contributed by atoms with E-state index in [9.17, 15) is 4.79 Å². The standard InChI is InChI=1S/C20H25NO3/c1-5-23-18-12-11-16(13-19(18)24-6-2)15(4)21-20(22)17-10-8-7-9-14(17)3/h7-13,15H,5-6H2,1-4H3,(H,21,22)/t15-/m1/s1. The molecule has 4 nitrogen and oxygen atoms in total. The molecule has 0 fully saturated rings. The van der Waals surface area contributed by atoms with Crippen LogP contribution in [0.5, 0.6) is 11.5 Å². The summed E-state index contributed by atoms with van der Waals surface area (Å²) in [6, 6.07) is 13.2. The molecule has 2 aromatic carbocycles. The van der Waals surface area contributed by atoms with Crippen molar-refractivity contribution in [3.8, 4) is 11.5 Å². The molecule has 0 aliphatic carbocycles. The predicted molar refractivity (Wildman–Crippen MR) is 95.8 cm³/mol. The SMILES string of the molecule is CCOc1ccc([C@@H](C)NC(=O)c2ccccc2C)cc1OCC. The highest BCUT2D eigenvalue weighted by Gasteiger charge is 2.15. The van der Waals surface area contributed by atoms with E-state index in [2.05, 4.69) is 5.32 Å². The largest absolute Gasteiger partial charge is 0.490 e. The third-order valence-corrected chi connectivity index (χ3v) is 3.80. The van der Waals surface area contributed by atoms with Crippen molar-refractivity contribution in [2.75, 3.05) is 13.2 Å². The quantitative estimate of drug-likeness (QED) is 0.825. The lowest BCUT2D eigenvalue weighted by atomic mass is 10.1. The molecule has 0 saturated carbocycles. The van der Waals surface area contributed by atoms with Gasteiger partial charge in [0.25, 0.3) is 5.91 Å². The summed E-state index contributed by atoms with van der Waals surface area (Å²) in [6.45, 7) is 8.91. The number of benzene rings is 2. The van der Waals surface area contributed by atoms with Crippen LogP contribution >= 0.6 is 0 Å². The summed E-state index contributed by atoms with van der Waals surface area (Å²) in [5.41, 5.74) is 2.63. The summed E-state index contributed by atoms with van der Waals surface area (Å²) in [4.78, 5) is 12.5. The van der Waals surface area contributed by atoms with Crippen molar-refractivity contribution in [2.45, 2.75) is 33.7 Å². The monoisotopic (exact) mass is 327 g/mol. The number of nitrogens with one attached hydrogen (secondary N) is 1. The first-order chi connectivity index (χ1) is 11.6. The first-order valence-electron chi connectivity index (χ1n) is 8.32. The molecule has 0 unspecified atom stereocenters. The predicted octanol–water partition coefficient (Wildman–Crippen LogP) is 4.28. The molecule has 2 aromatic rings. The van der Waals surface area contributed by atoms with E-state index >= 15 is 0 Å². The van der Waals surface area contributed by atoms with Gasteiger partial charge in [0, 0.05) is 5.56 Å². The Morgan fingerprint density at radius 1 is 1.04 bits per heavy atom. The van der Waals surface area contributed by atoms with Crippen LogP contribution in [0.15, 0.2) is 42.5 Å². The molecule has 1 atom stereocenters. The molecule has 0 heterocycles. The number of ether oxygens (including phenoxy) is 2. The van der Waals surface area contributed by atoms with Crippen molar-refractivity contribution >= 4 is 5.91 Å². The van der Waals surface area contributed by atoms with Gasteiger partial charge in [0.2, 0.25) is 0 Å². The molecule has 0 aliphatic rings. The molecule has 1 amide bonds. The summed E-state index contributed by atoms with van der Waals surface area (Å²) >= 11 is 0. The molecule has 0 bridgehead atoms. The molecule has 0 aliphatic heterocycles. The number of amides is 1. The molecule has 4 heteroatoms. The smallest absolute Gasteiger partial charge is 0.252 e. The van der Waals surface area contributed by atoms with E-state index in [1.165, 1.54) is 0 Å². The van der Waals surface area contributed by atoms with Crippen LogP contribution in [0.1, 0.15) is 48.3 Å². The number of carbonyl (C=O) groups is 1. The van der Waals surface area contributed by atoms with E-state index in [4.69, 9.17) is 9.47 Å². The van der Waals surface area contributed by atoms with Crippen LogP contribution in [-0.4, -0.2) is 19.1 Å². The summed E-state index contributed by atoms with van der Waals surface area (Å²) in [5, 5.41) is 3.04. The Morgan fingerprint density at radius 2 is 1.71 bits per heavy atom. The Morgan fingerprint density at radius 3 is 2.38 bits per heavy atom. The van der Waals surface area contributed by atoms with E-state index in [1.54, 1.807) is 0 Å². The topological polar surface area (TPSA) is 47.6 Å². The number of carbonyl (C=O) groups excluding carboxylic acids is 1. The van der Waals surface area contributed by atoms with Crippen molar-refractivity contribution in [3.05, 3.63) is 59.2 Å². The van der Waals surface area contributed by atoms with Gasteiger partial charge in [-0.15, -0.1) is 0 Å². The molecule has 0 radical (unpaired) electrons. The average molecular weight is 327 g/mol. The maximum atomic E-state index is 12.5. The number of hydrogen-bond acceptors (Lipinski definition) is 3. The van der Waals surface area contributed by atoms with Gasteiger partial charge in [0.1, 0.15) is 0 Å². The van der Waals surface area contributed by atoms with Crippen LogP contribution in [0.25, 0.3) is 0 Å². The third-order valence-electron chi connectivity index (χ3n) is 3.80. The fourth-order valence-electron chi connectivity index (χ4n) is 2.52. The molecule has 0 spiro atoms. The van der Waals surface area contributed by atoms with E-state index < -0.39 is 0 Å². The van der Waals surface area contributed by atoms with E-state index in [0.717, 1.165) is 16.9 Å². The second-order valence-corrected chi connectivity index (χ2v) is 5.58. The normalized spacial score (nSPS) is 11.7. The van der Waals surface area contributed by atoms with Crippen molar-refractivity contribution in [2.24, 2.45) is 0 Å². The highest BCUT2D eigenvalue weighted by atomic mass is 16.5. The second-order valence-electron chi connectivity index (χ2n) is 5.58. The van der Waals surface area contributed by atoms with E-state index in [-0.39, 0.29) is 11.9 Å². The van der Waals surface area contributed by atoms with Crippen LogP contribution in [0.3, 0.4) is 0 Å². The number of rotatable bonds is 7. The molecule has 2 rings (SSSR count). The molecular weight excluding hydrogens is 302 g/mol. The van der Waals surface area contributed by atoms with Gasteiger partial charge in [-0.2, -0.15) is 0 Å². The second kappa shape index (κ2) is 8.39. The molecule has 24 heavy (non-hydrogen) atoms. The maximum absolute atomic E-state index is 12.5. The lowest BCUT2D eigenvalue weighted by molar-refractivity contribution is 0.0939. The van der Waals surface area contributed by atoms with Gasteiger partial charge in [-0.3, -0.25) is 4.79 Å². The number of hydrogen-bond donors (Lipinski definition) is 1. The average Bonchev–Trinajstić information content (AvgIpc) is 2.57. The third kappa shape index (κ3) is 4.28. The molecular formula is C20H25NO3. The van der Waals surface area contributed by atoms with Gasteiger partial charge in [-0.25, -0.2) is 0 Å². The molecule has 1 N–H and O–H groups in total. The van der Waals surface area contributed by atoms with Crippen molar-refractivity contribution in [1.82, 2.24) is 5.32 Å². The Balaban J connectivity index is 2.17. The minimum Gasteiger partial charge on any atom is -0.490 e. The minimum atomic E-state index is -0.132. The lowest BCUT2D eigenvalue weighted by Gasteiger charge is -2.18. The Kier molecular flexibility index (Phi) is 6.24. The highest BCUT2D eigenvalue weighted by Crippen LogP contribution is 2.30. The zero-order valence-corrected chi connectivity index (χ0v) is 14.8. The summed E-state index contributed by atoms with van der Waals surface area (Å²) in [5.74, 6) is 1.35. The first-order valence-corrected chi connectivity index (χ1v) is 8.32. The first kappa shape index (κ1) is 17.9. The summed E-state index contributed by atoms with van der Waals surface area (Å²) < 4.78 is 11.2. The molecule has 0 aromatic heterocycles. The van der Waals surface area contributed by atoms with Crippen LogP contribution in [0, 0.1) is 6.92 Å². The Hall–Kier alpha value is -2.49. The van der Waals surface area contributed by atoms with Gasteiger partial charge in [0.05, 0.1) is 19.3 Å². The summed E-state index contributed by atoms with van der Waals surface area (Å²) in [7, 11) is 0. The van der Waals surface area contributed by atoms with E-state index in [1.807, 2.05) is 70.2 Å². The zero-order chi connectivity index (χ0) is 17.5. The van der Waals surface area contributed by atoms with Gasteiger partial charge >= 0.3 is 0 Å². The van der Waals surface area contributed by atoms with Gasteiger partial charge in [0.15, 0.2) is 11.5 Å². The Bertz CT molecular complexity index is 697. The zero-order valence-electron chi connectivity index (χ0n) is 14.8. The van der Waals surface area contributed by atoms with Gasteiger partial charge in [-0.05, 0) is 57.0 Å². The van der Waals surface area contributed by atoms with Crippen LogP contribution < -0.4 is 14.8 Å². The van der Waals surface area contributed by atoms with Gasteiger partial charge in [-0.1, -0.05) is 24.3 Å². The fraction of sp³-hybridized carbons (Fsp3) is 0.350. The number of aryl methyl sites for hydroxylation is 1. The summed E-state index contributed by atoms with van der Waals surface area (Å²) in [6.07, 6.45) is 0. The Labute approximate surface area is 143 Å². The van der Waals surface area contributed by atoms with Crippen molar-refractivity contribution in [1.29, 1.82) is 0 Å². The fourth-order valence-corrected chi connectivity index (χ4v) is 2.52. The van der Waals surface area contributed by atoms with Gasteiger partial charge < -0.3 is 14.8 Å². The van der Waals surface area contributed by atoms with E-state index in [0.29, 0.717) is 24.5 Å². The maximum Gasteiger partial charge on any atom is 0.252 e. The van der Waals surface area contributed by atoms with Crippen LogP contribution in [0.4, 0.5) is 0 Å². The van der Waals surface area contributed by atoms with Crippen LogP contribution in [-0.2, 0) is 0 Å².